The zero-order chi connectivity index (χ0) is 14.9. The standard InChI is InChI=1S/C18H36O2.Ca.Pb.4H/c1-2-3-4-5-6-7-8-9-10-11-12-13-14-15-16-17-18(19)20;;;;;;/h2-17H2,1H3,(H,19,20);;;;;;. The molecule has 0 aliphatic carbocycles. The molecule has 0 saturated heterocycles. The fourth-order valence-corrected chi connectivity index (χ4v) is 2.65. The predicted molar refractivity (Wildman–Crippen MR) is 104 cm³/mol. The third kappa shape index (κ3) is 26.5. The summed E-state index contributed by atoms with van der Waals surface area (Å²) in [4.78, 5) is 10.3. The molecule has 4 heteroatoms. The number of carboxylic acids is 1. The van der Waals surface area contributed by atoms with Gasteiger partial charge in [0.15, 0.2) is 0 Å². The summed E-state index contributed by atoms with van der Waals surface area (Å²) in [5.74, 6) is -0.653. The Labute approximate surface area is 188 Å². The van der Waals surface area contributed by atoms with Crippen molar-refractivity contribution in [3.8, 4) is 0 Å². The molecule has 0 bridgehead atoms. The van der Waals surface area contributed by atoms with Crippen molar-refractivity contribution in [2.45, 2.75) is 110 Å². The first-order chi connectivity index (χ1) is 9.77. The molecule has 0 aliphatic rings. The van der Waals surface area contributed by atoms with Crippen LogP contribution in [0.3, 0.4) is 0 Å². The molecule has 0 unspecified atom stereocenters. The maximum atomic E-state index is 10.3. The molecule has 0 aromatic rings. The van der Waals surface area contributed by atoms with E-state index in [0.29, 0.717) is 6.42 Å². The SMILES string of the molecule is CCCCCCCCCCCCCCCCCC(=O)O.[CaH2].[PbH2]. The normalized spacial score (nSPS) is 9.86. The van der Waals surface area contributed by atoms with Crippen molar-refractivity contribution in [3.05, 3.63) is 0 Å². The molecule has 0 aromatic heterocycles. The molecule has 0 fully saturated rings. The summed E-state index contributed by atoms with van der Waals surface area (Å²) < 4.78 is 0. The van der Waals surface area contributed by atoms with Gasteiger partial charge in [0.1, 0.15) is 0 Å². The second kappa shape index (κ2) is 24.9. The fourth-order valence-electron chi connectivity index (χ4n) is 2.65. The van der Waals surface area contributed by atoms with Crippen molar-refractivity contribution in [3.63, 3.8) is 0 Å². The van der Waals surface area contributed by atoms with Gasteiger partial charge in [-0.15, -0.1) is 0 Å². The van der Waals surface area contributed by atoms with Crippen molar-refractivity contribution in [2.24, 2.45) is 0 Å². The van der Waals surface area contributed by atoms with E-state index < -0.39 is 5.97 Å². The predicted octanol–water partition coefficient (Wildman–Crippen LogP) is 4.50. The first-order valence-corrected chi connectivity index (χ1v) is 8.99. The van der Waals surface area contributed by atoms with Crippen molar-refractivity contribution < 1.29 is 9.90 Å². The van der Waals surface area contributed by atoms with E-state index in [2.05, 4.69) is 6.92 Å². The molecule has 0 aromatic carbocycles. The van der Waals surface area contributed by atoms with Gasteiger partial charge in [-0.2, -0.15) is 0 Å². The van der Waals surface area contributed by atoms with Gasteiger partial charge in [-0.25, -0.2) is 0 Å². The average Bonchev–Trinajstić information content (AvgIpc) is 2.43. The first kappa shape index (κ1) is 28.5. The molecule has 0 aliphatic heterocycles. The van der Waals surface area contributed by atoms with Crippen LogP contribution in [-0.4, -0.2) is 76.1 Å². The van der Waals surface area contributed by atoms with Crippen LogP contribution in [0.2, 0.25) is 0 Å². The van der Waals surface area contributed by atoms with Crippen LogP contribution in [0.1, 0.15) is 110 Å². The van der Waals surface area contributed by atoms with Gasteiger partial charge < -0.3 is 5.11 Å². The zero-order valence-electron chi connectivity index (χ0n) is 14.4. The fraction of sp³-hybridized carbons (Fsp3) is 0.944. The van der Waals surface area contributed by atoms with Gasteiger partial charge in [0, 0.05) is 6.42 Å². The third-order valence-corrected chi connectivity index (χ3v) is 3.99. The number of hydrogen-bond acceptors (Lipinski definition) is 1. The van der Waals surface area contributed by atoms with E-state index in [1.165, 1.54) is 83.5 Å². The number of aliphatic carboxylic acids is 1. The van der Waals surface area contributed by atoms with Gasteiger partial charge in [-0.1, -0.05) is 96.8 Å². The number of hydrogen-bond donors (Lipinski definition) is 1. The summed E-state index contributed by atoms with van der Waals surface area (Å²) >= 11 is 0. The molecule has 0 saturated carbocycles. The quantitative estimate of drug-likeness (QED) is 0.233. The van der Waals surface area contributed by atoms with Crippen LogP contribution in [-0.2, 0) is 4.79 Å². The molecule has 22 heavy (non-hydrogen) atoms. The maximum absolute atomic E-state index is 10.3. The molecule has 0 heterocycles. The van der Waals surface area contributed by atoms with Gasteiger partial charge in [0.2, 0.25) is 0 Å². The van der Waals surface area contributed by atoms with E-state index in [-0.39, 0.29) is 65.0 Å². The number of unbranched alkanes of at least 4 members (excludes halogenated alkanes) is 14. The first-order valence-electron chi connectivity index (χ1n) is 8.99. The van der Waals surface area contributed by atoms with Gasteiger partial charge in [-0.3, -0.25) is 4.79 Å². The molecule has 1 N–H and O–H groups in total. The Kier molecular flexibility index (Phi) is 32.2. The Morgan fingerprint density at radius 3 is 1.18 bits per heavy atom. The van der Waals surface area contributed by atoms with Crippen LogP contribution < -0.4 is 0 Å². The van der Waals surface area contributed by atoms with Crippen molar-refractivity contribution >= 4 is 71.0 Å². The minimum atomic E-state index is -0.653. The Balaban J connectivity index is -0.00000180. The molecule has 0 atom stereocenters. The molecule has 2 nitrogen and oxygen atoms in total. The van der Waals surface area contributed by atoms with Crippen LogP contribution in [0, 0.1) is 0 Å². The van der Waals surface area contributed by atoms with Crippen molar-refractivity contribution in [2.75, 3.05) is 0 Å². The molecule has 2 radical (unpaired) electrons. The third-order valence-electron chi connectivity index (χ3n) is 3.99. The number of carbonyl (C=O) groups is 1. The summed E-state index contributed by atoms with van der Waals surface area (Å²) in [6.07, 6.45) is 20.2. The van der Waals surface area contributed by atoms with Crippen LogP contribution in [0.5, 0.6) is 0 Å². The molecule has 0 rings (SSSR count). The van der Waals surface area contributed by atoms with Gasteiger partial charge in [0.25, 0.3) is 0 Å². The summed E-state index contributed by atoms with van der Waals surface area (Å²) in [5, 5.41) is 8.52. The van der Waals surface area contributed by atoms with Gasteiger partial charge in [-0.05, 0) is 6.42 Å². The van der Waals surface area contributed by atoms with E-state index in [1.807, 2.05) is 0 Å². The van der Waals surface area contributed by atoms with E-state index in [0.717, 1.165) is 12.8 Å². The number of rotatable bonds is 16. The summed E-state index contributed by atoms with van der Waals surface area (Å²) in [6.45, 7) is 2.27. The molecular formula is C18H40CaO2Pb. The van der Waals surface area contributed by atoms with E-state index in [9.17, 15) is 4.79 Å². The van der Waals surface area contributed by atoms with E-state index in [4.69, 9.17) is 5.11 Å². The minimum absolute atomic E-state index is 0. The van der Waals surface area contributed by atoms with E-state index in [1.54, 1.807) is 0 Å². The van der Waals surface area contributed by atoms with Crippen molar-refractivity contribution in [1.29, 1.82) is 0 Å². The Morgan fingerprint density at radius 1 is 0.636 bits per heavy atom. The van der Waals surface area contributed by atoms with Crippen LogP contribution in [0.15, 0.2) is 0 Å². The summed E-state index contributed by atoms with van der Waals surface area (Å²) in [5.41, 5.74) is 0. The number of carboxylic acid groups (broad SMARTS) is 1. The Morgan fingerprint density at radius 2 is 0.909 bits per heavy atom. The topological polar surface area (TPSA) is 37.3 Å². The average molecular weight is 536 g/mol. The van der Waals surface area contributed by atoms with Crippen LogP contribution in [0.4, 0.5) is 0 Å². The van der Waals surface area contributed by atoms with Crippen LogP contribution >= 0.6 is 0 Å². The zero-order valence-corrected chi connectivity index (χ0v) is 19.9. The summed E-state index contributed by atoms with van der Waals surface area (Å²) in [6, 6.07) is 0. The van der Waals surface area contributed by atoms with Gasteiger partial charge >= 0.3 is 71.0 Å². The molecule has 0 spiro atoms. The Hall–Kier alpha value is 1.65. The molecule has 130 valence electrons. The summed E-state index contributed by atoms with van der Waals surface area (Å²) in [7, 11) is 0. The van der Waals surface area contributed by atoms with Gasteiger partial charge in [0.05, 0.1) is 0 Å². The second-order valence-corrected chi connectivity index (χ2v) is 6.09. The van der Waals surface area contributed by atoms with E-state index >= 15 is 0 Å². The Bertz CT molecular complexity index is 213. The second-order valence-electron chi connectivity index (χ2n) is 6.09. The van der Waals surface area contributed by atoms with Crippen molar-refractivity contribution in [1.82, 2.24) is 0 Å². The monoisotopic (exact) mass is 536 g/mol. The van der Waals surface area contributed by atoms with Crippen LogP contribution in [0.25, 0.3) is 0 Å². The molecular weight excluding hydrogens is 495 g/mol. The molecule has 0 amide bonds.